The molecule has 0 saturated heterocycles. The predicted molar refractivity (Wildman–Crippen MR) is 128 cm³/mol. The third-order valence-corrected chi connectivity index (χ3v) is 8.75. The summed E-state index contributed by atoms with van der Waals surface area (Å²) in [5.41, 5.74) is 5.19. The maximum atomic E-state index is 15.0. The Kier molecular flexibility index (Phi) is 6.61. The Hall–Kier alpha value is -3.73. The monoisotopic (exact) mass is 537 g/mol. The Morgan fingerprint density at radius 1 is 1.35 bits per heavy atom. The number of hydrogen-bond donors (Lipinski definition) is 2. The lowest BCUT2D eigenvalue weighted by Crippen LogP contribution is -2.52. The largest absolute Gasteiger partial charge is 0.411 e. The smallest absolute Gasteiger partial charge is 0.369 e. The fourth-order valence-corrected chi connectivity index (χ4v) is 7.07. The first-order chi connectivity index (χ1) is 17.3. The Morgan fingerprint density at radius 2 is 2.08 bits per heavy atom. The summed E-state index contributed by atoms with van der Waals surface area (Å²) in [5.74, 6) is -2.23. The summed E-state index contributed by atoms with van der Waals surface area (Å²) in [6, 6.07) is 4.89. The van der Waals surface area contributed by atoms with Crippen LogP contribution in [0, 0.1) is 24.1 Å². The number of carbonyl (C=O) groups excluding carboxylic acids is 1. The second-order valence-electron chi connectivity index (χ2n) is 9.05. The highest BCUT2D eigenvalue weighted by Gasteiger charge is 2.47. The van der Waals surface area contributed by atoms with Crippen molar-refractivity contribution in [3.8, 4) is 6.07 Å². The molecule has 0 aliphatic carbocycles. The van der Waals surface area contributed by atoms with Gasteiger partial charge in [0.2, 0.25) is 5.96 Å². The van der Waals surface area contributed by atoms with Crippen LogP contribution in [0.15, 0.2) is 39.8 Å². The summed E-state index contributed by atoms with van der Waals surface area (Å²) in [6.07, 6.45) is -3.74. The molecule has 1 amide bonds. The first-order valence-electron chi connectivity index (χ1n) is 11.2. The molecule has 2 aliphatic heterocycles. The SMILES string of the molecule is Cc1cc(C#N)cnc1C(=O)Nc1ccc(F)c([C@]2(C)CS3(=O)=N[C@H](C(F)(F)F)CCCN3C(N)=N2)c1. The van der Waals surface area contributed by atoms with E-state index < -0.39 is 45.1 Å². The number of nitrogens with zero attached hydrogens (tertiary/aromatic N) is 5. The van der Waals surface area contributed by atoms with Gasteiger partial charge in [0.15, 0.2) is 6.04 Å². The van der Waals surface area contributed by atoms with E-state index in [0.717, 1.165) is 10.4 Å². The lowest BCUT2D eigenvalue weighted by Gasteiger charge is -2.38. The highest BCUT2D eigenvalue weighted by atomic mass is 32.2. The number of alkyl halides is 3. The van der Waals surface area contributed by atoms with E-state index in [1.54, 1.807) is 6.92 Å². The molecule has 0 radical (unpaired) electrons. The summed E-state index contributed by atoms with van der Waals surface area (Å²) in [6.45, 7) is 2.98. The van der Waals surface area contributed by atoms with E-state index in [4.69, 9.17) is 11.0 Å². The molecule has 1 aromatic carbocycles. The average Bonchev–Trinajstić information content (AvgIpc) is 2.98. The van der Waals surface area contributed by atoms with Crippen molar-refractivity contribution in [2.75, 3.05) is 17.6 Å². The second-order valence-corrected chi connectivity index (χ2v) is 11.2. The minimum absolute atomic E-state index is 0.0319. The summed E-state index contributed by atoms with van der Waals surface area (Å²) >= 11 is 0. The second kappa shape index (κ2) is 9.29. The molecular weight excluding hydrogens is 514 g/mol. The van der Waals surface area contributed by atoms with Crippen molar-refractivity contribution in [2.45, 2.75) is 44.4 Å². The number of rotatable bonds is 3. The molecule has 9 nitrogen and oxygen atoms in total. The van der Waals surface area contributed by atoms with E-state index in [9.17, 15) is 22.2 Å². The minimum Gasteiger partial charge on any atom is -0.369 e. The van der Waals surface area contributed by atoms with Crippen LogP contribution in [0.5, 0.6) is 0 Å². The number of aromatic nitrogens is 1. The third-order valence-electron chi connectivity index (χ3n) is 6.17. The number of halogens is 4. The van der Waals surface area contributed by atoms with Crippen LogP contribution < -0.4 is 11.1 Å². The van der Waals surface area contributed by atoms with E-state index in [1.165, 1.54) is 31.3 Å². The molecule has 0 saturated carbocycles. The van der Waals surface area contributed by atoms with Gasteiger partial charge in [-0.15, -0.1) is 0 Å². The Bertz CT molecular complexity index is 1460. The lowest BCUT2D eigenvalue weighted by molar-refractivity contribution is -0.147. The number of nitriles is 1. The number of nitrogens with one attached hydrogen (secondary N) is 1. The van der Waals surface area contributed by atoms with Crippen molar-refractivity contribution in [1.29, 1.82) is 5.26 Å². The van der Waals surface area contributed by atoms with Crippen molar-refractivity contribution >= 4 is 27.5 Å². The van der Waals surface area contributed by atoms with Gasteiger partial charge in [-0.3, -0.25) is 9.10 Å². The Morgan fingerprint density at radius 3 is 2.73 bits per heavy atom. The summed E-state index contributed by atoms with van der Waals surface area (Å²) in [5, 5.41) is 11.6. The van der Waals surface area contributed by atoms with Crippen molar-refractivity contribution in [3.63, 3.8) is 0 Å². The molecule has 3 N–H and O–H groups in total. The standard InChI is InChI=1S/C23H23F4N7O2S/c1-13-8-14(10-28)11-30-19(13)20(35)31-15-5-6-17(24)16(9-15)22(2)12-37(36)33-18(23(25,26)27)4-3-7-34(37)21(29)32-22/h5-6,8-9,11,18H,3-4,7,12H2,1-2H3,(H2,29,32)(H,31,35)/t18-,22-,37?/m0/s1. The van der Waals surface area contributed by atoms with Gasteiger partial charge in [0.25, 0.3) is 5.91 Å². The van der Waals surface area contributed by atoms with Gasteiger partial charge in [0, 0.05) is 24.0 Å². The maximum Gasteiger partial charge on any atom is 0.411 e. The molecule has 0 bridgehead atoms. The van der Waals surface area contributed by atoms with Gasteiger partial charge in [-0.2, -0.15) is 18.4 Å². The number of hydrogen-bond acceptors (Lipinski definition) is 7. The molecule has 196 valence electrons. The van der Waals surface area contributed by atoms with Crippen molar-refractivity contribution in [2.24, 2.45) is 15.1 Å². The minimum atomic E-state index is -4.69. The number of nitrogens with two attached hydrogens (primary N) is 1. The number of amides is 1. The van der Waals surface area contributed by atoms with Gasteiger partial charge >= 0.3 is 6.18 Å². The highest BCUT2D eigenvalue weighted by Crippen LogP contribution is 2.39. The number of aryl methyl sites for hydroxylation is 1. The molecule has 2 aliphatic rings. The zero-order valence-corrected chi connectivity index (χ0v) is 20.7. The average molecular weight is 538 g/mol. The summed E-state index contributed by atoms with van der Waals surface area (Å²) in [4.78, 5) is 21.1. The van der Waals surface area contributed by atoms with Crippen LogP contribution in [0.2, 0.25) is 0 Å². The molecule has 3 heterocycles. The number of aliphatic imine (C=N–C) groups is 1. The van der Waals surface area contributed by atoms with Crippen molar-refractivity contribution in [3.05, 3.63) is 58.7 Å². The van der Waals surface area contributed by atoms with Gasteiger partial charge in [0.1, 0.15) is 33.0 Å². The maximum absolute atomic E-state index is 15.0. The zero-order chi connectivity index (χ0) is 27.2. The van der Waals surface area contributed by atoms with Crippen LogP contribution >= 0.6 is 0 Å². The normalized spacial score (nSPS) is 25.7. The topological polar surface area (TPSA) is 137 Å². The fourth-order valence-electron chi connectivity index (χ4n) is 4.40. The highest BCUT2D eigenvalue weighted by molar-refractivity contribution is 7.92. The molecule has 37 heavy (non-hydrogen) atoms. The van der Waals surface area contributed by atoms with E-state index in [0.29, 0.717) is 5.56 Å². The molecule has 1 unspecified atom stereocenters. The van der Waals surface area contributed by atoms with Crippen LogP contribution in [0.1, 0.15) is 46.9 Å². The van der Waals surface area contributed by atoms with Gasteiger partial charge in [-0.05, 0) is 56.5 Å². The van der Waals surface area contributed by atoms with Crippen LogP contribution in [-0.4, -0.2) is 49.9 Å². The Labute approximate surface area is 210 Å². The first-order valence-corrected chi connectivity index (χ1v) is 12.8. The molecule has 2 aromatic rings. The lowest BCUT2D eigenvalue weighted by atomic mass is 9.93. The predicted octanol–water partition coefficient (Wildman–Crippen LogP) is 3.61. The van der Waals surface area contributed by atoms with Crippen molar-refractivity contribution in [1.82, 2.24) is 9.29 Å². The number of fused-ring (bicyclic) bond motifs is 1. The molecule has 0 fully saturated rings. The van der Waals surface area contributed by atoms with Gasteiger partial charge in [-0.25, -0.2) is 22.9 Å². The third kappa shape index (κ3) is 5.08. The number of benzene rings is 1. The fraction of sp³-hybridized carbons (Fsp3) is 0.391. The van der Waals surface area contributed by atoms with Gasteiger partial charge < -0.3 is 11.1 Å². The Balaban J connectivity index is 1.71. The van der Waals surface area contributed by atoms with E-state index >= 15 is 4.39 Å². The number of carbonyl (C=O) groups is 1. The first kappa shape index (κ1) is 26.3. The zero-order valence-electron chi connectivity index (χ0n) is 19.8. The molecule has 14 heteroatoms. The van der Waals surface area contributed by atoms with E-state index in [2.05, 4.69) is 19.7 Å². The quantitative estimate of drug-likeness (QED) is 0.577. The van der Waals surface area contributed by atoms with Crippen LogP contribution in [0.25, 0.3) is 0 Å². The van der Waals surface area contributed by atoms with Gasteiger partial charge in [0.05, 0.1) is 11.3 Å². The molecule has 3 atom stereocenters. The van der Waals surface area contributed by atoms with Crippen LogP contribution in [0.3, 0.4) is 0 Å². The summed E-state index contributed by atoms with van der Waals surface area (Å²) in [7, 11) is -3.72. The van der Waals surface area contributed by atoms with E-state index in [-0.39, 0.29) is 47.9 Å². The number of guanidine groups is 1. The van der Waals surface area contributed by atoms with E-state index in [1.807, 2.05) is 6.07 Å². The summed E-state index contributed by atoms with van der Waals surface area (Å²) < 4.78 is 74.1. The van der Waals surface area contributed by atoms with Crippen LogP contribution in [-0.2, 0) is 15.5 Å². The number of pyridine rings is 1. The molecule has 4 rings (SSSR count). The van der Waals surface area contributed by atoms with Gasteiger partial charge in [-0.1, -0.05) is 0 Å². The molecule has 1 aromatic heterocycles. The molecular formula is C23H23F4N7O2S. The number of anilines is 1. The molecule has 0 spiro atoms. The van der Waals surface area contributed by atoms with Crippen molar-refractivity contribution < 1.29 is 26.6 Å². The van der Waals surface area contributed by atoms with Crippen LogP contribution in [0.4, 0.5) is 23.2 Å².